The molecule has 0 unspecified atom stereocenters. The van der Waals surface area contributed by atoms with Crippen LogP contribution >= 0.6 is 0 Å². The van der Waals surface area contributed by atoms with E-state index in [2.05, 4.69) is 33.5 Å². The number of hydrogen-bond acceptors (Lipinski definition) is 6. The summed E-state index contributed by atoms with van der Waals surface area (Å²) in [6.07, 6.45) is 12.5. The van der Waals surface area contributed by atoms with Crippen LogP contribution in [-0.4, -0.2) is 24.2 Å². The highest BCUT2D eigenvalue weighted by molar-refractivity contribution is 6.06. The molecule has 0 fully saturated rings. The zero-order valence-corrected chi connectivity index (χ0v) is 18.4. The summed E-state index contributed by atoms with van der Waals surface area (Å²) in [7, 11) is 3.26. The van der Waals surface area contributed by atoms with Crippen LogP contribution in [0.15, 0.2) is 95.4 Å². The first-order valence-electron chi connectivity index (χ1n) is 10.6. The molecule has 6 nitrogen and oxygen atoms in total. The lowest BCUT2D eigenvalue weighted by Crippen LogP contribution is -2.01. The van der Waals surface area contributed by atoms with Gasteiger partial charge in [0.25, 0.3) is 0 Å². The quantitative estimate of drug-likeness (QED) is 0.377. The molecule has 0 spiro atoms. The first-order chi connectivity index (χ1) is 16.3. The molecule has 1 N–H and O–H groups in total. The number of nitrogens with one attached hydrogen (secondary N) is 1. The van der Waals surface area contributed by atoms with Crippen molar-refractivity contribution in [3.05, 3.63) is 90.9 Å². The Morgan fingerprint density at radius 1 is 0.879 bits per heavy atom. The molecule has 0 aliphatic heterocycles. The summed E-state index contributed by atoms with van der Waals surface area (Å²) < 4.78 is 17.3. The largest absolute Gasteiger partial charge is 0.497 e. The lowest BCUT2D eigenvalue weighted by molar-refractivity contribution is 0.394. The Hall–Kier alpha value is -4.32. The lowest BCUT2D eigenvalue weighted by Gasteiger charge is -2.11. The molecular weight excluding hydrogens is 414 g/mol. The van der Waals surface area contributed by atoms with E-state index < -0.39 is 0 Å². The van der Waals surface area contributed by atoms with Gasteiger partial charge in [-0.1, -0.05) is 54.6 Å². The number of ether oxygens (including phenoxy) is 2. The zero-order valence-electron chi connectivity index (χ0n) is 18.4. The van der Waals surface area contributed by atoms with Crippen molar-refractivity contribution < 1.29 is 13.9 Å². The van der Waals surface area contributed by atoms with Crippen molar-refractivity contribution in [1.29, 1.82) is 0 Å². The average Bonchev–Trinajstić information content (AvgIpc) is 3.08. The van der Waals surface area contributed by atoms with Crippen molar-refractivity contribution in [3.63, 3.8) is 0 Å². The number of methoxy groups -OCH3 is 2. The van der Waals surface area contributed by atoms with E-state index in [9.17, 15) is 0 Å². The maximum Gasteiger partial charge on any atom is 0.232 e. The number of rotatable bonds is 6. The van der Waals surface area contributed by atoms with E-state index in [1.807, 2.05) is 60.7 Å². The van der Waals surface area contributed by atoms with Crippen molar-refractivity contribution in [2.75, 3.05) is 19.5 Å². The Labute approximate surface area is 191 Å². The van der Waals surface area contributed by atoms with E-state index in [1.165, 1.54) is 6.33 Å². The number of aromatic nitrogens is 2. The molecule has 0 saturated carbocycles. The van der Waals surface area contributed by atoms with Gasteiger partial charge in [0.15, 0.2) is 0 Å². The van der Waals surface area contributed by atoms with Gasteiger partial charge >= 0.3 is 0 Å². The molecule has 2 aromatic heterocycles. The van der Waals surface area contributed by atoms with Gasteiger partial charge in [-0.05, 0) is 23.8 Å². The van der Waals surface area contributed by atoms with Crippen LogP contribution in [0.25, 0.3) is 33.6 Å². The van der Waals surface area contributed by atoms with E-state index in [0.29, 0.717) is 28.8 Å². The number of benzene rings is 2. The Morgan fingerprint density at radius 2 is 1.67 bits per heavy atom. The highest BCUT2D eigenvalue weighted by Crippen LogP contribution is 2.44. The monoisotopic (exact) mass is 437 g/mol. The van der Waals surface area contributed by atoms with Gasteiger partial charge in [-0.15, -0.1) is 0 Å². The highest BCUT2D eigenvalue weighted by Gasteiger charge is 2.23. The molecular formula is C27H23N3O3. The normalized spacial score (nSPS) is 13.0. The zero-order chi connectivity index (χ0) is 22.6. The molecule has 2 aromatic carbocycles. The molecule has 0 saturated heterocycles. The fourth-order valence-electron chi connectivity index (χ4n) is 3.87. The second-order valence-electron chi connectivity index (χ2n) is 7.51. The predicted molar refractivity (Wildman–Crippen MR) is 130 cm³/mol. The Morgan fingerprint density at radius 3 is 2.42 bits per heavy atom. The maximum atomic E-state index is 6.34. The van der Waals surface area contributed by atoms with E-state index in [-0.39, 0.29) is 0 Å². The van der Waals surface area contributed by atoms with E-state index >= 15 is 0 Å². The van der Waals surface area contributed by atoms with Gasteiger partial charge in [0, 0.05) is 29.3 Å². The van der Waals surface area contributed by atoms with Gasteiger partial charge < -0.3 is 19.2 Å². The number of nitrogens with zero attached hydrogens (tertiary/aromatic N) is 2. The topological polar surface area (TPSA) is 69.4 Å². The minimum atomic E-state index is 0.503. The second kappa shape index (κ2) is 9.04. The van der Waals surface area contributed by atoms with Crippen LogP contribution in [0.4, 0.5) is 5.82 Å². The maximum absolute atomic E-state index is 6.34. The van der Waals surface area contributed by atoms with Crippen LogP contribution in [0.1, 0.15) is 6.42 Å². The van der Waals surface area contributed by atoms with Gasteiger partial charge in [0.2, 0.25) is 5.71 Å². The molecule has 5 rings (SSSR count). The van der Waals surface area contributed by atoms with E-state index in [0.717, 1.165) is 34.2 Å². The summed E-state index contributed by atoms with van der Waals surface area (Å²) >= 11 is 0. The van der Waals surface area contributed by atoms with Gasteiger partial charge in [-0.2, -0.15) is 0 Å². The summed E-state index contributed by atoms with van der Waals surface area (Å²) in [4.78, 5) is 9.01. The van der Waals surface area contributed by atoms with Crippen LogP contribution in [0, 0.1) is 0 Å². The van der Waals surface area contributed by atoms with Crippen LogP contribution in [0.5, 0.6) is 11.5 Å². The number of allylic oxidation sites excluding steroid dienone is 5. The molecule has 0 radical (unpaired) electrons. The molecule has 6 heteroatoms. The van der Waals surface area contributed by atoms with Gasteiger partial charge in [0.1, 0.15) is 29.4 Å². The molecule has 1 aliphatic rings. The van der Waals surface area contributed by atoms with Crippen molar-refractivity contribution >= 4 is 16.9 Å². The predicted octanol–water partition coefficient (Wildman–Crippen LogP) is 6.39. The first-order valence-corrected chi connectivity index (χ1v) is 10.6. The summed E-state index contributed by atoms with van der Waals surface area (Å²) in [6, 6.07) is 15.8. The van der Waals surface area contributed by atoms with Crippen LogP contribution in [-0.2, 0) is 0 Å². The van der Waals surface area contributed by atoms with Crippen LogP contribution in [0.3, 0.4) is 0 Å². The van der Waals surface area contributed by atoms with Gasteiger partial charge in [0.05, 0.1) is 19.6 Å². The smallest absolute Gasteiger partial charge is 0.232 e. The van der Waals surface area contributed by atoms with Crippen molar-refractivity contribution in [2.24, 2.45) is 0 Å². The van der Waals surface area contributed by atoms with Crippen molar-refractivity contribution in [1.82, 2.24) is 9.97 Å². The molecule has 4 aromatic rings. The van der Waals surface area contributed by atoms with Crippen molar-refractivity contribution in [2.45, 2.75) is 6.42 Å². The molecule has 0 bridgehead atoms. The Bertz CT molecular complexity index is 1360. The standard InChI is InChI=1S/C27H23N3O3/c1-31-21-14-19(15-22(16-21)32-2)25-23(18-10-6-5-7-11-18)24-26(28-17-29-27(24)33-25)30-20-12-8-3-4-9-13-20/h3-12,14-17H,13H2,1-2H3,(H,28,29,30). The number of furan rings is 1. The number of anilines is 1. The minimum Gasteiger partial charge on any atom is -0.497 e. The average molecular weight is 437 g/mol. The van der Waals surface area contributed by atoms with Crippen LogP contribution < -0.4 is 14.8 Å². The molecule has 0 atom stereocenters. The van der Waals surface area contributed by atoms with Gasteiger partial charge in [-0.25, -0.2) is 9.97 Å². The summed E-state index contributed by atoms with van der Waals surface area (Å²) in [5.74, 6) is 2.72. The fourth-order valence-corrected chi connectivity index (χ4v) is 3.87. The third-order valence-electron chi connectivity index (χ3n) is 5.44. The van der Waals surface area contributed by atoms with Gasteiger partial charge in [-0.3, -0.25) is 0 Å². The summed E-state index contributed by atoms with van der Waals surface area (Å²) in [5.41, 5.74) is 4.27. The van der Waals surface area contributed by atoms with Crippen LogP contribution in [0.2, 0.25) is 0 Å². The minimum absolute atomic E-state index is 0.503. The lowest BCUT2D eigenvalue weighted by atomic mass is 9.99. The third kappa shape index (κ3) is 4.11. The van der Waals surface area contributed by atoms with E-state index in [4.69, 9.17) is 13.9 Å². The van der Waals surface area contributed by atoms with E-state index in [1.54, 1.807) is 14.2 Å². The summed E-state index contributed by atoms with van der Waals surface area (Å²) in [5, 5.41) is 4.30. The molecule has 33 heavy (non-hydrogen) atoms. The second-order valence-corrected chi connectivity index (χ2v) is 7.51. The highest BCUT2D eigenvalue weighted by atomic mass is 16.5. The molecule has 0 amide bonds. The molecule has 164 valence electrons. The Kier molecular flexibility index (Phi) is 5.64. The Balaban J connectivity index is 1.75. The third-order valence-corrected chi connectivity index (χ3v) is 5.44. The molecule has 1 aliphatic carbocycles. The fraction of sp³-hybridized carbons (Fsp3) is 0.111. The molecule has 2 heterocycles. The number of fused-ring (bicyclic) bond motifs is 1. The van der Waals surface area contributed by atoms with Crippen molar-refractivity contribution in [3.8, 4) is 33.9 Å². The summed E-state index contributed by atoms with van der Waals surface area (Å²) in [6.45, 7) is 0. The number of hydrogen-bond donors (Lipinski definition) is 1. The SMILES string of the molecule is COc1cc(OC)cc(-c2oc3ncnc(NC4=CC=CC=CC4)c3c2-c2ccccc2)c1. The first kappa shape index (κ1) is 20.6.